The van der Waals surface area contributed by atoms with Crippen LogP contribution in [-0.2, 0) is 20.8 Å². The topological polar surface area (TPSA) is 160 Å². The van der Waals surface area contributed by atoms with Crippen molar-refractivity contribution in [2.75, 3.05) is 13.1 Å². The van der Waals surface area contributed by atoms with E-state index in [2.05, 4.69) is 15.6 Å². The number of amides is 2. The van der Waals surface area contributed by atoms with Gasteiger partial charge in [0.2, 0.25) is 11.8 Å². The van der Waals surface area contributed by atoms with Crippen molar-refractivity contribution in [3.8, 4) is 0 Å². The molecule has 27 heavy (non-hydrogen) atoms. The Hall–Kier alpha value is -3.10. The fourth-order valence-corrected chi connectivity index (χ4v) is 1.96. The minimum absolute atomic E-state index is 0.0683. The number of nitrogens with one attached hydrogen (secondary N) is 2. The third kappa shape index (κ3) is 14.9. The van der Waals surface area contributed by atoms with Crippen LogP contribution in [0.1, 0.15) is 32.3 Å². The number of aliphatic carboxylic acids is 1. The van der Waals surface area contributed by atoms with Crippen LogP contribution in [-0.4, -0.2) is 48.0 Å². The van der Waals surface area contributed by atoms with Gasteiger partial charge in [-0.05, 0) is 25.3 Å². The molecule has 0 unspecified atom stereocenters. The molecule has 0 aromatic heterocycles. The van der Waals surface area contributed by atoms with Crippen LogP contribution in [0.3, 0.4) is 0 Å². The smallest absolute Gasteiger partial charge is 0.312 e. The molecule has 0 heterocycles. The summed E-state index contributed by atoms with van der Waals surface area (Å²) in [5, 5.41) is 13.4. The standard InChI is InChI=1S/C14H18N2O4.C4H11N3/c1-10(7-11-5-3-2-4-6-11)16-13(18)9-15-12(17)8-14(19)20;1-2-3-7-4(5)6/h2-6,10H,7-9H2,1H3,(H,15,17)(H,16,18)(H,19,20);2-3H2,1H3,(H4,5,6,7)/t10-;/m0./s1. The van der Waals surface area contributed by atoms with Crippen molar-refractivity contribution in [1.29, 1.82) is 0 Å². The quantitative estimate of drug-likeness (QED) is 0.230. The Morgan fingerprint density at radius 3 is 2.26 bits per heavy atom. The number of nitrogens with zero attached hydrogens (tertiary/aromatic N) is 1. The monoisotopic (exact) mass is 379 g/mol. The zero-order valence-electron chi connectivity index (χ0n) is 15.8. The molecule has 0 aliphatic carbocycles. The molecule has 9 nitrogen and oxygen atoms in total. The van der Waals surface area contributed by atoms with E-state index in [1.54, 1.807) is 0 Å². The molecule has 7 N–H and O–H groups in total. The maximum Gasteiger partial charge on any atom is 0.312 e. The summed E-state index contributed by atoms with van der Waals surface area (Å²) in [6.07, 6.45) is 1.06. The second-order valence-electron chi connectivity index (χ2n) is 5.81. The summed E-state index contributed by atoms with van der Waals surface area (Å²) >= 11 is 0. The third-order valence-electron chi connectivity index (χ3n) is 3.07. The van der Waals surface area contributed by atoms with Crippen molar-refractivity contribution in [3.05, 3.63) is 35.9 Å². The van der Waals surface area contributed by atoms with Crippen molar-refractivity contribution in [2.45, 2.75) is 39.2 Å². The number of rotatable bonds is 9. The lowest BCUT2D eigenvalue weighted by Gasteiger charge is -2.14. The molecular formula is C18H29N5O4. The minimum atomic E-state index is -1.22. The highest BCUT2D eigenvalue weighted by atomic mass is 16.4. The predicted molar refractivity (Wildman–Crippen MR) is 104 cm³/mol. The zero-order valence-corrected chi connectivity index (χ0v) is 15.8. The summed E-state index contributed by atoms with van der Waals surface area (Å²) < 4.78 is 0. The Morgan fingerprint density at radius 1 is 1.15 bits per heavy atom. The molecule has 2 amide bonds. The van der Waals surface area contributed by atoms with E-state index in [0.717, 1.165) is 18.5 Å². The van der Waals surface area contributed by atoms with E-state index in [-0.39, 0.29) is 24.5 Å². The number of nitrogens with two attached hydrogens (primary N) is 2. The maximum atomic E-state index is 11.6. The van der Waals surface area contributed by atoms with Crippen LogP contribution in [0, 0.1) is 0 Å². The van der Waals surface area contributed by atoms with Crippen molar-refractivity contribution >= 4 is 23.7 Å². The van der Waals surface area contributed by atoms with Crippen LogP contribution >= 0.6 is 0 Å². The van der Waals surface area contributed by atoms with Gasteiger partial charge >= 0.3 is 5.97 Å². The molecule has 0 bridgehead atoms. The number of carbonyl (C=O) groups is 3. The summed E-state index contributed by atoms with van der Waals surface area (Å²) in [7, 11) is 0. The van der Waals surface area contributed by atoms with Crippen molar-refractivity contribution < 1.29 is 19.5 Å². The highest BCUT2D eigenvalue weighted by molar-refractivity contribution is 5.95. The van der Waals surface area contributed by atoms with Gasteiger partial charge in [0.25, 0.3) is 0 Å². The van der Waals surface area contributed by atoms with E-state index < -0.39 is 18.3 Å². The first-order valence-corrected chi connectivity index (χ1v) is 8.61. The SMILES string of the molecule is CCCN=C(N)N.C[C@@H](Cc1ccccc1)NC(=O)CNC(=O)CC(=O)O. The Balaban J connectivity index is 0.000000821. The molecule has 1 aromatic rings. The van der Waals surface area contributed by atoms with Gasteiger partial charge in [-0.25, -0.2) is 0 Å². The van der Waals surface area contributed by atoms with Crippen molar-refractivity contribution in [2.24, 2.45) is 16.5 Å². The van der Waals surface area contributed by atoms with E-state index in [9.17, 15) is 14.4 Å². The fraction of sp³-hybridized carbons (Fsp3) is 0.444. The molecule has 1 atom stereocenters. The summed E-state index contributed by atoms with van der Waals surface area (Å²) in [5.74, 6) is -2.06. The Kier molecular flexibility index (Phi) is 12.5. The van der Waals surface area contributed by atoms with Crippen LogP contribution in [0.25, 0.3) is 0 Å². The summed E-state index contributed by atoms with van der Waals surface area (Å²) in [6, 6.07) is 9.65. The van der Waals surface area contributed by atoms with E-state index in [0.29, 0.717) is 6.42 Å². The summed E-state index contributed by atoms with van der Waals surface area (Å²) in [4.78, 5) is 36.6. The first-order valence-electron chi connectivity index (χ1n) is 8.61. The fourth-order valence-electron chi connectivity index (χ4n) is 1.96. The molecule has 1 aromatic carbocycles. The first kappa shape index (κ1) is 23.9. The molecule has 0 aliphatic heterocycles. The number of carbonyl (C=O) groups excluding carboxylic acids is 2. The van der Waals surface area contributed by atoms with Crippen LogP contribution in [0.15, 0.2) is 35.3 Å². The van der Waals surface area contributed by atoms with E-state index in [4.69, 9.17) is 16.6 Å². The molecule has 0 spiro atoms. The average Bonchev–Trinajstić information content (AvgIpc) is 2.59. The van der Waals surface area contributed by atoms with Gasteiger partial charge in [0.1, 0.15) is 6.42 Å². The number of aliphatic imine (C=N–C) groups is 1. The van der Waals surface area contributed by atoms with Crippen LogP contribution in [0.5, 0.6) is 0 Å². The number of carboxylic acids is 1. The van der Waals surface area contributed by atoms with Crippen LogP contribution in [0.4, 0.5) is 0 Å². The van der Waals surface area contributed by atoms with Gasteiger partial charge < -0.3 is 27.2 Å². The molecule has 0 fully saturated rings. The lowest BCUT2D eigenvalue weighted by atomic mass is 10.1. The van der Waals surface area contributed by atoms with Gasteiger partial charge in [0.15, 0.2) is 5.96 Å². The molecular weight excluding hydrogens is 350 g/mol. The normalized spacial score (nSPS) is 10.6. The molecule has 1 rings (SSSR count). The highest BCUT2D eigenvalue weighted by Crippen LogP contribution is 2.02. The van der Waals surface area contributed by atoms with E-state index in [1.807, 2.05) is 44.2 Å². The molecule has 0 aliphatic rings. The van der Waals surface area contributed by atoms with Crippen LogP contribution < -0.4 is 22.1 Å². The highest BCUT2D eigenvalue weighted by Gasteiger charge is 2.11. The number of hydrogen-bond acceptors (Lipinski definition) is 4. The van der Waals surface area contributed by atoms with E-state index in [1.165, 1.54) is 0 Å². The van der Waals surface area contributed by atoms with Gasteiger partial charge in [-0.3, -0.25) is 19.4 Å². The molecule has 0 radical (unpaired) electrons. The lowest BCUT2D eigenvalue weighted by Crippen LogP contribution is -2.41. The Labute approximate surface area is 159 Å². The minimum Gasteiger partial charge on any atom is -0.481 e. The third-order valence-corrected chi connectivity index (χ3v) is 3.07. The number of benzene rings is 1. The van der Waals surface area contributed by atoms with Crippen molar-refractivity contribution in [3.63, 3.8) is 0 Å². The van der Waals surface area contributed by atoms with Gasteiger partial charge in [0.05, 0.1) is 6.54 Å². The van der Waals surface area contributed by atoms with Gasteiger partial charge in [0, 0.05) is 12.6 Å². The maximum absolute atomic E-state index is 11.6. The van der Waals surface area contributed by atoms with Crippen molar-refractivity contribution in [1.82, 2.24) is 10.6 Å². The van der Waals surface area contributed by atoms with Gasteiger partial charge in [-0.15, -0.1) is 0 Å². The Bertz CT molecular complexity index is 615. The number of carboxylic acid groups (broad SMARTS) is 1. The van der Waals surface area contributed by atoms with E-state index >= 15 is 0 Å². The Morgan fingerprint density at radius 2 is 1.78 bits per heavy atom. The largest absolute Gasteiger partial charge is 0.481 e. The summed E-state index contributed by atoms with van der Waals surface area (Å²) in [6.45, 7) is 4.41. The molecule has 9 heteroatoms. The second kappa shape index (κ2) is 14.1. The van der Waals surface area contributed by atoms with Gasteiger partial charge in [-0.1, -0.05) is 37.3 Å². The average molecular weight is 379 g/mol. The lowest BCUT2D eigenvalue weighted by molar-refractivity contribution is -0.141. The zero-order chi connectivity index (χ0) is 20.7. The molecule has 150 valence electrons. The number of guanidine groups is 1. The summed E-state index contributed by atoms with van der Waals surface area (Å²) in [5.41, 5.74) is 11.1. The molecule has 0 saturated carbocycles. The predicted octanol–water partition coefficient (Wildman–Crippen LogP) is -0.00550. The first-order chi connectivity index (χ1) is 12.7. The second-order valence-corrected chi connectivity index (χ2v) is 5.81. The van der Waals surface area contributed by atoms with Crippen LogP contribution in [0.2, 0.25) is 0 Å². The van der Waals surface area contributed by atoms with Gasteiger partial charge in [-0.2, -0.15) is 0 Å². The molecule has 0 saturated heterocycles. The number of hydrogen-bond donors (Lipinski definition) is 5.